The number of Topliss-reactive ketones (excluding diaryl/α,β-unsaturated/α-hetero) is 1. The van der Waals surface area contributed by atoms with Crippen LogP contribution in [0.4, 0.5) is 0 Å². The molecule has 6 nitrogen and oxygen atoms in total. The Bertz CT molecular complexity index is 626. The van der Waals surface area contributed by atoms with Crippen LogP contribution in [0.3, 0.4) is 0 Å². The van der Waals surface area contributed by atoms with Gasteiger partial charge in [-0.05, 0) is 18.2 Å². The fraction of sp³-hybridized carbons (Fsp3) is 0.250. The topological polar surface area (TPSA) is 74.5 Å². The summed E-state index contributed by atoms with van der Waals surface area (Å²) >= 11 is 1.22. The van der Waals surface area contributed by atoms with Gasteiger partial charge in [-0.2, -0.15) is 0 Å². The SMILES string of the molecule is Cc1nnc(SCC(=O)c2ccc3c(c2)OCO3)o1. The summed E-state index contributed by atoms with van der Waals surface area (Å²) in [5, 5.41) is 7.91. The second kappa shape index (κ2) is 4.93. The summed E-state index contributed by atoms with van der Waals surface area (Å²) in [5.41, 5.74) is 0.577. The van der Waals surface area contributed by atoms with Gasteiger partial charge in [0.2, 0.25) is 12.7 Å². The van der Waals surface area contributed by atoms with Crippen molar-refractivity contribution in [3.63, 3.8) is 0 Å². The molecule has 0 unspecified atom stereocenters. The molecule has 1 aromatic carbocycles. The highest BCUT2D eigenvalue weighted by atomic mass is 32.2. The second-order valence-electron chi connectivity index (χ2n) is 3.87. The zero-order valence-corrected chi connectivity index (χ0v) is 10.9. The second-order valence-corrected chi connectivity index (χ2v) is 4.79. The highest BCUT2D eigenvalue weighted by Gasteiger charge is 2.17. The first-order valence-electron chi connectivity index (χ1n) is 5.58. The molecule has 0 radical (unpaired) electrons. The first-order valence-corrected chi connectivity index (χ1v) is 6.57. The molecule has 7 heteroatoms. The van der Waals surface area contributed by atoms with Gasteiger partial charge >= 0.3 is 0 Å². The van der Waals surface area contributed by atoms with Gasteiger partial charge in [-0.1, -0.05) is 11.8 Å². The van der Waals surface area contributed by atoms with Crippen LogP contribution in [0.1, 0.15) is 16.2 Å². The molecule has 1 aromatic heterocycles. The third-order valence-corrected chi connectivity index (χ3v) is 3.35. The van der Waals surface area contributed by atoms with Crippen molar-refractivity contribution >= 4 is 17.5 Å². The predicted molar refractivity (Wildman–Crippen MR) is 66.7 cm³/mol. The number of hydrogen-bond donors (Lipinski definition) is 0. The summed E-state index contributed by atoms with van der Waals surface area (Å²) in [6, 6.07) is 5.14. The molecule has 0 amide bonds. The largest absolute Gasteiger partial charge is 0.454 e. The molecule has 0 atom stereocenters. The van der Waals surface area contributed by atoms with E-state index in [0.717, 1.165) is 0 Å². The zero-order chi connectivity index (χ0) is 13.2. The molecule has 0 saturated heterocycles. The standard InChI is InChI=1S/C12H10N2O4S/c1-7-13-14-12(18-7)19-5-9(15)8-2-3-10-11(4-8)17-6-16-10/h2-4H,5-6H2,1H3. The fourth-order valence-corrected chi connectivity index (χ4v) is 2.32. The molecule has 0 fully saturated rings. The van der Waals surface area contributed by atoms with E-state index >= 15 is 0 Å². The molecule has 0 bridgehead atoms. The first-order chi connectivity index (χ1) is 9.22. The van der Waals surface area contributed by atoms with Crippen molar-refractivity contribution in [2.75, 3.05) is 12.5 Å². The van der Waals surface area contributed by atoms with Gasteiger partial charge in [0.05, 0.1) is 5.75 Å². The van der Waals surface area contributed by atoms with Crippen LogP contribution in [0, 0.1) is 6.92 Å². The Morgan fingerprint density at radius 3 is 2.95 bits per heavy atom. The minimum absolute atomic E-state index is 0.0286. The van der Waals surface area contributed by atoms with Crippen LogP contribution in [-0.2, 0) is 0 Å². The Labute approximate surface area is 113 Å². The number of ketones is 1. The molecule has 0 spiro atoms. The van der Waals surface area contributed by atoms with Crippen LogP contribution in [-0.4, -0.2) is 28.5 Å². The maximum absolute atomic E-state index is 12.0. The average molecular weight is 278 g/mol. The third kappa shape index (κ3) is 2.55. The molecule has 1 aliphatic heterocycles. The Morgan fingerprint density at radius 1 is 1.32 bits per heavy atom. The van der Waals surface area contributed by atoms with E-state index in [-0.39, 0.29) is 18.3 Å². The minimum Gasteiger partial charge on any atom is -0.454 e. The smallest absolute Gasteiger partial charge is 0.277 e. The lowest BCUT2D eigenvalue weighted by molar-refractivity contribution is 0.102. The Hall–Kier alpha value is -2.02. The van der Waals surface area contributed by atoms with Gasteiger partial charge < -0.3 is 13.9 Å². The summed E-state index contributed by atoms with van der Waals surface area (Å²) in [4.78, 5) is 12.0. The van der Waals surface area contributed by atoms with Crippen molar-refractivity contribution in [2.24, 2.45) is 0 Å². The molecule has 3 rings (SSSR count). The summed E-state index contributed by atoms with van der Waals surface area (Å²) in [6.07, 6.45) is 0. The highest BCUT2D eigenvalue weighted by Crippen LogP contribution is 2.33. The Morgan fingerprint density at radius 2 is 2.16 bits per heavy atom. The molecule has 98 valence electrons. The van der Waals surface area contributed by atoms with Crippen molar-refractivity contribution in [1.82, 2.24) is 10.2 Å². The molecule has 0 aliphatic carbocycles. The van der Waals surface area contributed by atoms with E-state index < -0.39 is 0 Å². The van der Waals surface area contributed by atoms with Gasteiger partial charge in [-0.15, -0.1) is 10.2 Å². The zero-order valence-electron chi connectivity index (χ0n) is 10.1. The van der Waals surface area contributed by atoms with Crippen molar-refractivity contribution in [2.45, 2.75) is 12.1 Å². The summed E-state index contributed by atoms with van der Waals surface area (Å²) in [6.45, 7) is 1.90. The monoisotopic (exact) mass is 278 g/mol. The number of fused-ring (bicyclic) bond motifs is 1. The van der Waals surface area contributed by atoms with Crippen molar-refractivity contribution in [3.8, 4) is 11.5 Å². The number of ether oxygens (including phenoxy) is 2. The van der Waals surface area contributed by atoms with Crippen LogP contribution in [0.25, 0.3) is 0 Å². The van der Waals surface area contributed by atoms with Crippen molar-refractivity contribution < 1.29 is 18.7 Å². The van der Waals surface area contributed by atoms with Gasteiger partial charge in [0.25, 0.3) is 5.22 Å². The summed E-state index contributed by atoms with van der Waals surface area (Å²) in [7, 11) is 0. The first kappa shape index (κ1) is 12.0. The van der Waals surface area contributed by atoms with E-state index in [1.165, 1.54) is 11.8 Å². The molecule has 0 saturated carbocycles. The van der Waals surface area contributed by atoms with Gasteiger partial charge in [0, 0.05) is 12.5 Å². The normalized spacial score (nSPS) is 12.7. The summed E-state index contributed by atoms with van der Waals surface area (Å²) in [5.74, 6) is 1.96. The molecule has 1 aliphatic rings. The minimum atomic E-state index is -0.0286. The Balaban J connectivity index is 1.67. The third-order valence-electron chi connectivity index (χ3n) is 2.53. The molecule has 2 heterocycles. The predicted octanol–water partition coefficient (Wildman–Crippen LogP) is 2.08. The number of benzene rings is 1. The molecule has 0 N–H and O–H groups in total. The van der Waals surface area contributed by atoms with Crippen molar-refractivity contribution in [1.29, 1.82) is 0 Å². The quantitative estimate of drug-likeness (QED) is 0.626. The van der Waals surface area contributed by atoms with E-state index in [4.69, 9.17) is 13.9 Å². The molecule has 2 aromatic rings. The lowest BCUT2D eigenvalue weighted by atomic mass is 10.1. The number of hydrogen-bond acceptors (Lipinski definition) is 7. The average Bonchev–Trinajstić information content (AvgIpc) is 3.03. The van der Waals surface area contributed by atoms with Crippen LogP contribution in [0.15, 0.2) is 27.8 Å². The highest BCUT2D eigenvalue weighted by molar-refractivity contribution is 7.99. The summed E-state index contributed by atoms with van der Waals surface area (Å²) < 4.78 is 15.6. The van der Waals surface area contributed by atoms with E-state index in [2.05, 4.69) is 10.2 Å². The molecular weight excluding hydrogens is 268 g/mol. The maximum atomic E-state index is 12.0. The number of carbonyl (C=O) groups is 1. The number of aromatic nitrogens is 2. The number of thioether (sulfide) groups is 1. The van der Waals surface area contributed by atoms with Crippen LogP contribution < -0.4 is 9.47 Å². The van der Waals surface area contributed by atoms with E-state index in [9.17, 15) is 4.79 Å². The number of aryl methyl sites for hydroxylation is 1. The van der Waals surface area contributed by atoms with E-state index in [1.807, 2.05) is 0 Å². The molecular formula is C12H10N2O4S. The van der Waals surface area contributed by atoms with E-state index in [1.54, 1.807) is 25.1 Å². The van der Waals surface area contributed by atoms with Gasteiger partial charge in [-0.25, -0.2) is 0 Å². The lowest BCUT2D eigenvalue weighted by Crippen LogP contribution is -2.02. The number of nitrogens with zero attached hydrogens (tertiary/aromatic N) is 2. The number of carbonyl (C=O) groups excluding carboxylic acids is 1. The van der Waals surface area contributed by atoms with E-state index in [0.29, 0.717) is 28.2 Å². The van der Waals surface area contributed by atoms with Crippen LogP contribution in [0.5, 0.6) is 11.5 Å². The number of rotatable bonds is 4. The maximum Gasteiger partial charge on any atom is 0.277 e. The van der Waals surface area contributed by atoms with Gasteiger partial charge in [-0.3, -0.25) is 4.79 Å². The lowest BCUT2D eigenvalue weighted by Gasteiger charge is -2.01. The van der Waals surface area contributed by atoms with Crippen molar-refractivity contribution in [3.05, 3.63) is 29.7 Å². The Kier molecular flexibility index (Phi) is 3.12. The van der Waals surface area contributed by atoms with Crippen LogP contribution in [0.2, 0.25) is 0 Å². The van der Waals surface area contributed by atoms with Gasteiger partial charge in [0.1, 0.15) is 0 Å². The van der Waals surface area contributed by atoms with Crippen LogP contribution >= 0.6 is 11.8 Å². The van der Waals surface area contributed by atoms with Gasteiger partial charge in [0.15, 0.2) is 17.3 Å². The molecule has 19 heavy (non-hydrogen) atoms. The fourth-order valence-electron chi connectivity index (χ4n) is 1.62.